The van der Waals surface area contributed by atoms with E-state index < -0.39 is 5.97 Å². The van der Waals surface area contributed by atoms with Crippen molar-refractivity contribution in [2.24, 2.45) is 5.92 Å². The van der Waals surface area contributed by atoms with Crippen LogP contribution in [-0.4, -0.2) is 72.6 Å². The summed E-state index contributed by atoms with van der Waals surface area (Å²) in [5.74, 6) is -0.548. The Morgan fingerprint density at radius 2 is 1.71 bits per heavy atom. The number of nitrogens with zero attached hydrogens (tertiary/aromatic N) is 2. The zero-order valence-corrected chi connectivity index (χ0v) is 16.3. The highest BCUT2D eigenvalue weighted by atomic mass is 16.5. The molecule has 3 rings (SSSR count). The molecule has 2 heterocycles. The lowest BCUT2D eigenvalue weighted by molar-refractivity contribution is -0.143. The average molecular weight is 388 g/mol. The van der Waals surface area contributed by atoms with E-state index in [9.17, 15) is 14.4 Å². The van der Waals surface area contributed by atoms with Crippen LogP contribution in [0.5, 0.6) is 0 Å². The molecule has 2 fully saturated rings. The van der Waals surface area contributed by atoms with E-state index in [4.69, 9.17) is 9.84 Å². The van der Waals surface area contributed by atoms with Crippen molar-refractivity contribution in [3.8, 4) is 0 Å². The lowest BCUT2D eigenvalue weighted by atomic mass is 9.88. The van der Waals surface area contributed by atoms with Gasteiger partial charge in [0, 0.05) is 45.1 Å². The number of carboxylic acids is 1. The molecular formula is C21H28N2O5. The number of carbonyl (C=O) groups excluding carboxylic acids is 2. The normalized spacial score (nSPS) is 20.8. The molecule has 1 aromatic rings. The van der Waals surface area contributed by atoms with Gasteiger partial charge in [0.05, 0.1) is 5.56 Å². The predicted octanol–water partition coefficient (Wildman–Crippen LogP) is 1.98. The Hall–Kier alpha value is -2.41. The molecule has 0 aliphatic carbocycles. The van der Waals surface area contributed by atoms with Gasteiger partial charge in [-0.3, -0.25) is 9.59 Å². The molecule has 0 spiro atoms. The van der Waals surface area contributed by atoms with E-state index in [-0.39, 0.29) is 35.8 Å². The Bertz CT molecular complexity index is 710. The van der Waals surface area contributed by atoms with Gasteiger partial charge in [-0.25, -0.2) is 4.79 Å². The molecule has 28 heavy (non-hydrogen) atoms. The smallest absolute Gasteiger partial charge is 0.335 e. The molecule has 0 aromatic heterocycles. The van der Waals surface area contributed by atoms with E-state index in [2.05, 4.69) is 0 Å². The Morgan fingerprint density at radius 3 is 2.32 bits per heavy atom. The quantitative estimate of drug-likeness (QED) is 0.833. The minimum absolute atomic E-state index is 0.0174. The van der Waals surface area contributed by atoms with E-state index in [1.807, 2.05) is 17.0 Å². The number of carbonyl (C=O) groups is 3. The monoisotopic (exact) mass is 388 g/mol. The summed E-state index contributed by atoms with van der Waals surface area (Å²) in [5.41, 5.74) is 1.37. The maximum Gasteiger partial charge on any atom is 0.335 e. The van der Waals surface area contributed by atoms with Crippen molar-refractivity contribution in [2.75, 3.05) is 39.9 Å². The predicted molar refractivity (Wildman–Crippen MR) is 103 cm³/mol. The zero-order chi connectivity index (χ0) is 20.1. The summed E-state index contributed by atoms with van der Waals surface area (Å²) in [6.45, 7) is 2.74. The Labute approximate surface area is 165 Å². The van der Waals surface area contributed by atoms with Crippen LogP contribution < -0.4 is 0 Å². The molecule has 7 nitrogen and oxygen atoms in total. The molecule has 1 N–H and O–H groups in total. The van der Waals surface area contributed by atoms with E-state index in [0.29, 0.717) is 32.5 Å². The molecule has 2 saturated heterocycles. The fraction of sp³-hybridized carbons (Fsp3) is 0.571. The number of hydrogen-bond donors (Lipinski definition) is 1. The van der Waals surface area contributed by atoms with Crippen LogP contribution in [-0.2, 0) is 14.3 Å². The van der Waals surface area contributed by atoms with Gasteiger partial charge in [0.1, 0.15) is 6.61 Å². The van der Waals surface area contributed by atoms with Crippen molar-refractivity contribution in [1.82, 2.24) is 9.80 Å². The van der Waals surface area contributed by atoms with Gasteiger partial charge in [0.15, 0.2) is 0 Å². The maximum atomic E-state index is 13.0. The summed E-state index contributed by atoms with van der Waals surface area (Å²) in [6, 6.07) is 6.99. The van der Waals surface area contributed by atoms with Gasteiger partial charge in [-0.2, -0.15) is 0 Å². The number of aromatic carboxylic acids is 1. The molecule has 0 radical (unpaired) electrons. The minimum Gasteiger partial charge on any atom is -0.478 e. The fourth-order valence-corrected chi connectivity index (χ4v) is 4.20. The lowest BCUT2D eigenvalue weighted by Crippen LogP contribution is -2.47. The molecule has 1 aromatic carbocycles. The van der Waals surface area contributed by atoms with Crippen LogP contribution in [0.15, 0.2) is 24.3 Å². The van der Waals surface area contributed by atoms with E-state index in [1.54, 1.807) is 17.0 Å². The van der Waals surface area contributed by atoms with Crippen LogP contribution in [0.1, 0.15) is 47.5 Å². The van der Waals surface area contributed by atoms with Crippen LogP contribution in [0.2, 0.25) is 0 Å². The van der Waals surface area contributed by atoms with Crippen LogP contribution in [0.4, 0.5) is 0 Å². The molecule has 2 aliphatic rings. The molecule has 0 bridgehead atoms. The van der Waals surface area contributed by atoms with Crippen LogP contribution >= 0.6 is 0 Å². The van der Waals surface area contributed by atoms with Crippen LogP contribution in [0.3, 0.4) is 0 Å². The molecule has 2 amide bonds. The van der Waals surface area contributed by atoms with Gasteiger partial charge in [-0.05, 0) is 43.4 Å². The highest BCUT2D eigenvalue weighted by Crippen LogP contribution is 2.29. The third-order valence-electron chi connectivity index (χ3n) is 5.83. The molecule has 152 valence electrons. The third kappa shape index (κ3) is 4.70. The molecule has 2 aliphatic heterocycles. The topological polar surface area (TPSA) is 87.2 Å². The van der Waals surface area contributed by atoms with Gasteiger partial charge >= 0.3 is 5.97 Å². The summed E-state index contributed by atoms with van der Waals surface area (Å²) in [6.07, 6.45) is 3.34. The number of benzene rings is 1. The largest absolute Gasteiger partial charge is 0.478 e. The van der Waals surface area contributed by atoms with Crippen molar-refractivity contribution in [3.05, 3.63) is 35.4 Å². The summed E-state index contributed by atoms with van der Waals surface area (Å²) in [4.78, 5) is 39.7. The zero-order valence-electron chi connectivity index (χ0n) is 16.3. The third-order valence-corrected chi connectivity index (χ3v) is 5.83. The number of likely N-dealkylation sites (tertiary alicyclic amines) is 2. The second kappa shape index (κ2) is 9.19. The first-order valence-electron chi connectivity index (χ1n) is 9.88. The summed E-state index contributed by atoms with van der Waals surface area (Å²) in [7, 11) is 1.51. The molecule has 0 saturated carbocycles. The van der Waals surface area contributed by atoms with Crippen LogP contribution in [0.25, 0.3) is 0 Å². The number of methoxy groups -OCH3 is 1. The first kappa shape index (κ1) is 20.3. The lowest BCUT2D eigenvalue weighted by Gasteiger charge is -2.38. The molecule has 0 unspecified atom stereocenters. The van der Waals surface area contributed by atoms with E-state index in [0.717, 1.165) is 24.9 Å². The standard InChI is InChI=1S/C21H28N2O5/c1-28-14-19(24)22-11-8-16(9-12-22)20(25)23-10-2-3-18(13-23)15-4-6-17(7-5-15)21(26)27/h4-7,16,18H,2-3,8-14H2,1H3,(H,26,27)/t18-/m1/s1. The number of ether oxygens (including phenoxy) is 1. The Morgan fingerprint density at radius 1 is 1.04 bits per heavy atom. The first-order chi connectivity index (χ1) is 13.5. The minimum atomic E-state index is -0.928. The second-order valence-electron chi connectivity index (χ2n) is 7.64. The summed E-state index contributed by atoms with van der Waals surface area (Å²) < 4.78 is 4.90. The number of amides is 2. The van der Waals surface area contributed by atoms with Crippen molar-refractivity contribution < 1.29 is 24.2 Å². The van der Waals surface area contributed by atoms with Crippen molar-refractivity contribution in [1.29, 1.82) is 0 Å². The van der Waals surface area contributed by atoms with E-state index in [1.165, 1.54) is 7.11 Å². The first-order valence-corrected chi connectivity index (χ1v) is 9.88. The number of hydrogen-bond acceptors (Lipinski definition) is 4. The highest BCUT2D eigenvalue weighted by Gasteiger charge is 2.32. The Balaban J connectivity index is 1.56. The summed E-state index contributed by atoms with van der Waals surface area (Å²) in [5, 5.41) is 9.04. The average Bonchev–Trinajstić information content (AvgIpc) is 2.73. The Kier molecular flexibility index (Phi) is 6.67. The van der Waals surface area contributed by atoms with Crippen molar-refractivity contribution >= 4 is 17.8 Å². The molecule has 7 heteroatoms. The van der Waals surface area contributed by atoms with Crippen molar-refractivity contribution in [2.45, 2.75) is 31.6 Å². The van der Waals surface area contributed by atoms with Gasteiger partial charge in [-0.1, -0.05) is 12.1 Å². The highest BCUT2D eigenvalue weighted by molar-refractivity contribution is 5.87. The number of carboxylic acid groups (broad SMARTS) is 1. The van der Waals surface area contributed by atoms with Gasteiger partial charge in [-0.15, -0.1) is 0 Å². The van der Waals surface area contributed by atoms with Gasteiger partial charge in [0.25, 0.3) is 0 Å². The van der Waals surface area contributed by atoms with Gasteiger partial charge in [0.2, 0.25) is 11.8 Å². The van der Waals surface area contributed by atoms with Gasteiger partial charge < -0.3 is 19.6 Å². The number of piperidine rings is 2. The number of rotatable bonds is 5. The summed E-state index contributed by atoms with van der Waals surface area (Å²) >= 11 is 0. The maximum absolute atomic E-state index is 13.0. The SMILES string of the molecule is COCC(=O)N1CCC(C(=O)N2CCC[C@@H](c3ccc(C(=O)O)cc3)C2)CC1. The van der Waals surface area contributed by atoms with Crippen molar-refractivity contribution in [3.63, 3.8) is 0 Å². The fourth-order valence-electron chi connectivity index (χ4n) is 4.20. The van der Waals surface area contributed by atoms with E-state index >= 15 is 0 Å². The molecular weight excluding hydrogens is 360 g/mol. The second-order valence-corrected chi connectivity index (χ2v) is 7.64. The van der Waals surface area contributed by atoms with Crippen LogP contribution in [0, 0.1) is 5.92 Å². The molecule has 1 atom stereocenters.